The van der Waals surface area contributed by atoms with Gasteiger partial charge in [0.15, 0.2) is 0 Å². The molecule has 1 N–H and O–H groups in total. The molecule has 1 aromatic rings. The van der Waals surface area contributed by atoms with Crippen molar-refractivity contribution in [2.45, 2.75) is 30.6 Å². The zero-order valence-corrected chi connectivity index (χ0v) is 12.0. The highest BCUT2D eigenvalue weighted by Crippen LogP contribution is 2.54. The van der Waals surface area contributed by atoms with E-state index in [1.807, 2.05) is 18.4 Å². The third-order valence-electron chi connectivity index (χ3n) is 4.56. The van der Waals surface area contributed by atoms with E-state index in [1.165, 1.54) is 25.7 Å². The van der Waals surface area contributed by atoms with Crippen LogP contribution in [0.3, 0.4) is 0 Å². The molecule has 3 rings (SSSR count). The minimum Gasteiger partial charge on any atom is -0.478 e. The molecular weight excluding hydrogens is 258 g/mol. The lowest BCUT2D eigenvalue weighted by atomic mass is 9.93. The Morgan fingerprint density at radius 2 is 1.95 bits per heavy atom. The number of aromatic carboxylic acids is 1. The number of hydrogen-bond acceptors (Lipinski definition) is 3. The third kappa shape index (κ3) is 2.46. The van der Waals surface area contributed by atoms with Crippen LogP contribution in [-0.4, -0.2) is 30.4 Å². The van der Waals surface area contributed by atoms with Gasteiger partial charge in [0.1, 0.15) is 0 Å². The summed E-state index contributed by atoms with van der Waals surface area (Å²) in [6.07, 6.45) is 7.20. The van der Waals surface area contributed by atoms with Crippen LogP contribution in [0.4, 0.5) is 5.69 Å². The van der Waals surface area contributed by atoms with E-state index in [9.17, 15) is 9.90 Å². The molecule has 0 aromatic heterocycles. The minimum atomic E-state index is -0.825. The smallest absolute Gasteiger partial charge is 0.337 e. The summed E-state index contributed by atoms with van der Waals surface area (Å²) in [5.41, 5.74) is 1.95. The molecule has 1 saturated heterocycles. The molecule has 2 fully saturated rings. The Morgan fingerprint density at radius 3 is 2.47 bits per heavy atom. The van der Waals surface area contributed by atoms with Crippen molar-refractivity contribution in [3.63, 3.8) is 0 Å². The van der Waals surface area contributed by atoms with Crippen LogP contribution in [-0.2, 0) is 0 Å². The first-order chi connectivity index (χ1) is 9.13. The van der Waals surface area contributed by atoms with Gasteiger partial charge in [0.05, 0.1) is 11.3 Å². The number of carboxylic acids is 1. The highest BCUT2D eigenvalue weighted by atomic mass is 32.2. The molecule has 3 nitrogen and oxygen atoms in total. The van der Waals surface area contributed by atoms with E-state index in [0.29, 0.717) is 11.0 Å². The van der Waals surface area contributed by atoms with Gasteiger partial charge in [-0.3, -0.25) is 0 Å². The first-order valence-electron chi connectivity index (χ1n) is 6.80. The first-order valence-corrected chi connectivity index (χ1v) is 8.02. The van der Waals surface area contributed by atoms with Crippen molar-refractivity contribution in [3.8, 4) is 0 Å². The lowest BCUT2D eigenvalue weighted by Crippen LogP contribution is -2.35. The third-order valence-corrected chi connectivity index (χ3v) is 5.28. The van der Waals surface area contributed by atoms with E-state index >= 15 is 0 Å². The maximum absolute atomic E-state index is 11.4. The van der Waals surface area contributed by atoms with Crippen LogP contribution in [0.5, 0.6) is 0 Å². The molecule has 1 saturated carbocycles. The fourth-order valence-corrected chi connectivity index (χ4v) is 3.41. The number of benzene rings is 1. The Balaban J connectivity index is 1.87. The van der Waals surface area contributed by atoms with Gasteiger partial charge in [0.2, 0.25) is 0 Å². The molecule has 2 aliphatic rings. The molecule has 0 atom stereocenters. The molecule has 0 unspecified atom stereocenters. The number of hydrogen-bond donors (Lipinski definition) is 1. The molecule has 1 heterocycles. The fourth-order valence-electron chi connectivity index (χ4n) is 2.98. The van der Waals surface area contributed by atoms with Gasteiger partial charge in [-0.25, -0.2) is 4.79 Å². The van der Waals surface area contributed by atoms with Crippen LogP contribution in [0.25, 0.3) is 0 Å². The summed E-state index contributed by atoms with van der Waals surface area (Å²) in [5.74, 6) is -0.825. The highest BCUT2D eigenvalue weighted by molar-refractivity contribution is 7.98. The number of carboxylic acid groups (broad SMARTS) is 1. The zero-order chi connectivity index (χ0) is 13.5. The predicted molar refractivity (Wildman–Crippen MR) is 78.3 cm³/mol. The SMILES string of the molecule is CSc1ccc(C(=O)O)c(N2CCC3(CC2)CC3)c1. The van der Waals surface area contributed by atoms with Crippen molar-refractivity contribution in [3.05, 3.63) is 23.8 Å². The summed E-state index contributed by atoms with van der Waals surface area (Å²) in [4.78, 5) is 14.8. The molecular formula is C15H19NO2S. The molecule has 102 valence electrons. The van der Waals surface area contributed by atoms with Crippen molar-refractivity contribution in [1.29, 1.82) is 0 Å². The molecule has 0 amide bonds. The average Bonchev–Trinajstić information content (AvgIpc) is 3.18. The Bertz CT molecular complexity index is 501. The number of rotatable bonds is 3. The van der Waals surface area contributed by atoms with Crippen molar-refractivity contribution in [2.24, 2.45) is 5.41 Å². The monoisotopic (exact) mass is 277 g/mol. The van der Waals surface area contributed by atoms with Gasteiger partial charge >= 0.3 is 5.97 Å². The average molecular weight is 277 g/mol. The van der Waals surface area contributed by atoms with Crippen LogP contribution in [0.1, 0.15) is 36.0 Å². The Hall–Kier alpha value is -1.16. The van der Waals surface area contributed by atoms with Gasteiger partial charge in [-0.15, -0.1) is 11.8 Å². The Morgan fingerprint density at radius 1 is 1.26 bits per heavy atom. The molecule has 1 spiro atoms. The highest BCUT2D eigenvalue weighted by Gasteiger charge is 2.44. The van der Waals surface area contributed by atoms with Gasteiger partial charge in [-0.05, 0) is 55.6 Å². The molecule has 0 bridgehead atoms. The van der Waals surface area contributed by atoms with Gasteiger partial charge in [-0.2, -0.15) is 0 Å². The molecule has 1 aliphatic carbocycles. The quantitative estimate of drug-likeness (QED) is 0.859. The van der Waals surface area contributed by atoms with E-state index in [2.05, 4.69) is 4.90 Å². The zero-order valence-electron chi connectivity index (χ0n) is 11.2. The number of carbonyl (C=O) groups is 1. The van der Waals surface area contributed by atoms with Gasteiger partial charge in [0, 0.05) is 18.0 Å². The van der Waals surface area contributed by atoms with E-state index in [-0.39, 0.29) is 0 Å². The summed E-state index contributed by atoms with van der Waals surface area (Å²) in [6.45, 7) is 2.00. The largest absolute Gasteiger partial charge is 0.478 e. The summed E-state index contributed by atoms with van der Waals surface area (Å²) in [6, 6.07) is 5.66. The predicted octanol–water partition coefficient (Wildman–Crippen LogP) is 3.49. The topological polar surface area (TPSA) is 40.5 Å². The summed E-state index contributed by atoms with van der Waals surface area (Å²) in [7, 11) is 0. The first kappa shape index (κ1) is 12.9. The maximum atomic E-state index is 11.4. The second kappa shape index (κ2) is 4.75. The molecule has 4 heteroatoms. The van der Waals surface area contributed by atoms with Crippen molar-refractivity contribution >= 4 is 23.4 Å². The lowest BCUT2D eigenvalue weighted by Gasteiger charge is -2.34. The van der Waals surface area contributed by atoms with Crippen molar-refractivity contribution in [2.75, 3.05) is 24.2 Å². The second-order valence-electron chi connectivity index (χ2n) is 5.68. The van der Waals surface area contributed by atoms with Crippen LogP contribution in [0.15, 0.2) is 23.1 Å². The maximum Gasteiger partial charge on any atom is 0.337 e. The number of piperidine rings is 1. The van der Waals surface area contributed by atoms with Gasteiger partial charge in [-0.1, -0.05) is 0 Å². The number of anilines is 1. The van der Waals surface area contributed by atoms with E-state index < -0.39 is 5.97 Å². The van der Waals surface area contributed by atoms with Crippen molar-refractivity contribution < 1.29 is 9.90 Å². The van der Waals surface area contributed by atoms with Gasteiger partial charge < -0.3 is 10.0 Å². The Kier molecular flexibility index (Phi) is 3.21. The van der Waals surface area contributed by atoms with Crippen LogP contribution in [0.2, 0.25) is 0 Å². The standard InChI is InChI=1S/C15H19NO2S/c1-19-11-2-3-12(14(17)18)13(10-11)16-8-6-15(4-5-15)7-9-16/h2-3,10H,4-9H2,1H3,(H,17,18). The number of nitrogens with zero attached hydrogens (tertiary/aromatic N) is 1. The van der Waals surface area contributed by atoms with Crippen LogP contribution in [0, 0.1) is 5.41 Å². The second-order valence-corrected chi connectivity index (χ2v) is 6.55. The van der Waals surface area contributed by atoms with E-state index in [0.717, 1.165) is 23.7 Å². The molecule has 0 radical (unpaired) electrons. The van der Waals surface area contributed by atoms with Crippen LogP contribution >= 0.6 is 11.8 Å². The summed E-state index contributed by atoms with van der Waals surface area (Å²) in [5, 5.41) is 9.34. The lowest BCUT2D eigenvalue weighted by molar-refractivity contribution is 0.0697. The van der Waals surface area contributed by atoms with Gasteiger partial charge in [0.25, 0.3) is 0 Å². The minimum absolute atomic E-state index is 0.435. The number of thioether (sulfide) groups is 1. The fraction of sp³-hybridized carbons (Fsp3) is 0.533. The molecule has 1 aliphatic heterocycles. The summed E-state index contributed by atoms with van der Waals surface area (Å²) < 4.78 is 0. The summed E-state index contributed by atoms with van der Waals surface area (Å²) >= 11 is 1.66. The van der Waals surface area contributed by atoms with E-state index in [1.54, 1.807) is 17.8 Å². The molecule has 19 heavy (non-hydrogen) atoms. The normalized spacial score (nSPS) is 20.6. The Labute approximate surface area is 118 Å². The van der Waals surface area contributed by atoms with E-state index in [4.69, 9.17) is 0 Å². The van der Waals surface area contributed by atoms with Crippen molar-refractivity contribution in [1.82, 2.24) is 0 Å². The molecule has 1 aromatic carbocycles. The van der Waals surface area contributed by atoms with Crippen LogP contribution < -0.4 is 4.90 Å².